The van der Waals surface area contributed by atoms with Gasteiger partial charge in [-0.3, -0.25) is 5.10 Å². The van der Waals surface area contributed by atoms with Crippen molar-refractivity contribution in [1.29, 1.82) is 0 Å². The highest BCUT2D eigenvalue weighted by molar-refractivity contribution is 5.88. The van der Waals surface area contributed by atoms with E-state index in [1.165, 1.54) is 0 Å². The Morgan fingerprint density at radius 3 is 2.80 bits per heavy atom. The largest absolute Gasteiger partial charge is 0.368 e. The molecule has 0 unspecified atom stereocenters. The second kappa shape index (κ2) is 4.90. The second-order valence-corrected chi connectivity index (χ2v) is 5.61. The number of hydrogen-bond acceptors (Lipinski definition) is 6. The average molecular weight is 275 g/mol. The molecule has 1 saturated heterocycles. The molecule has 3 heterocycles. The van der Waals surface area contributed by atoms with E-state index in [1.54, 1.807) is 0 Å². The molecule has 0 bridgehead atoms. The lowest BCUT2D eigenvalue weighted by atomic mass is 10.1. The van der Waals surface area contributed by atoms with Gasteiger partial charge in [-0.15, -0.1) is 0 Å². The van der Waals surface area contributed by atoms with Crippen molar-refractivity contribution in [2.75, 3.05) is 30.8 Å². The molecular weight excluding hydrogens is 254 g/mol. The fourth-order valence-corrected chi connectivity index (χ4v) is 2.73. The van der Waals surface area contributed by atoms with Gasteiger partial charge in [0.2, 0.25) is 5.95 Å². The Labute approximate surface area is 118 Å². The number of fused-ring (bicyclic) bond motifs is 1. The van der Waals surface area contributed by atoms with Crippen LogP contribution >= 0.6 is 0 Å². The highest BCUT2D eigenvalue weighted by Crippen LogP contribution is 2.29. The van der Waals surface area contributed by atoms with Crippen molar-refractivity contribution < 1.29 is 0 Å². The normalized spacial score (nSPS) is 19.4. The molecule has 0 spiro atoms. The number of nitrogens with one attached hydrogen (secondary N) is 2. The molecule has 7 heteroatoms. The summed E-state index contributed by atoms with van der Waals surface area (Å²) in [5.74, 6) is 1.47. The quantitative estimate of drug-likeness (QED) is 0.769. The van der Waals surface area contributed by atoms with E-state index in [4.69, 9.17) is 5.73 Å². The Bertz CT molecular complexity index is 618. The van der Waals surface area contributed by atoms with E-state index in [0.717, 1.165) is 42.1 Å². The van der Waals surface area contributed by atoms with Crippen LogP contribution in [0, 0.1) is 0 Å². The van der Waals surface area contributed by atoms with Gasteiger partial charge in [0.15, 0.2) is 11.3 Å². The molecule has 2 aromatic heterocycles. The van der Waals surface area contributed by atoms with Crippen molar-refractivity contribution >= 4 is 22.8 Å². The number of rotatable bonds is 3. The lowest BCUT2D eigenvalue weighted by Crippen LogP contribution is -2.30. The highest BCUT2D eigenvalue weighted by Gasteiger charge is 2.26. The van der Waals surface area contributed by atoms with Gasteiger partial charge in [0.1, 0.15) is 5.52 Å². The van der Waals surface area contributed by atoms with Crippen LogP contribution in [0.5, 0.6) is 0 Å². The molecule has 1 aliphatic heterocycles. The van der Waals surface area contributed by atoms with Gasteiger partial charge in [0, 0.05) is 19.1 Å². The van der Waals surface area contributed by atoms with E-state index in [2.05, 4.69) is 44.2 Å². The van der Waals surface area contributed by atoms with Crippen molar-refractivity contribution in [3.8, 4) is 0 Å². The minimum Gasteiger partial charge on any atom is -0.368 e. The molecular formula is C13H21N7. The predicted molar refractivity (Wildman–Crippen MR) is 79.9 cm³/mol. The topological polar surface area (TPSA) is 95.7 Å². The van der Waals surface area contributed by atoms with Crippen LogP contribution < -0.4 is 16.0 Å². The molecule has 0 saturated carbocycles. The summed E-state index contributed by atoms with van der Waals surface area (Å²) in [6, 6.07) is 0.491. The molecule has 1 atom stereocenters. The molecule has 7 nitrogen and oxygen atoms in total. The standard InChI is InChI=1S/C13H21N7/c1-7(2)9-10-11(19-18-9)12(17-13(14)16-10)20-5-4-8(6-20)15-3/h7-8,15H,4-6H2,1-3H3,(H,18,19)(H2,14,16,17)/t8-/m1/s1. The molecule has 0 radical (unpaired) electrons. The van der Waals surface area contributed by atoms with Gasteiger partial charge in [-0.25, -0.2) is 4.98 Å². The fraction of sp³-hybridized carbons (Fsp3) is 0.615. The van der Waals surface area contributed by atoms with Crippen LogP contribution in [-0.4, -0.2) is 46.3 Å². The Hall–Kier alpha value is -1.89. The van der Waals surface area contributed by atoms with E-state index < -0.39 is 0 Å². The number of hydrogen-bond donors (Lipinski definition) is 3. The third-order valence-electron chi connectivity index (χ3n) is 3.90. The van der Waals surface area contributed by atoms with Crippen molar-refractivity contribution in [2.24, 2.45) is 0 Å². The van der Waals surface area contributed by atoms with Crippen molar-refractivity contribution in [2.45, 2.75) is 32.2 Å². The minimum absolute atomic E-state index is 0.309. The van der Waals surface area contributed by atoms with Crippen molar-refractivity contribution in [3.05, 3.63) is 5.69 Å². The molecule has 3 rings (SSSR count). The summed E-state index contributed by atoms with van der Waals surface area (Å²) >= 11 is 0. The van der Waals surface area contributed by atoms with Gasteiger partial charge in [-0.2, -0.15) is 10.1 Å². The third-order valence-corrected chi connectivity index (χ3v) is 3.90. The van der Waals surface area contributed by atoms with Crippen LogP contribution in [0.4, 0.5) is 11.8 Å². The summed E-state index contributed by atoms with van der Waals surface area (Å²) in [6.07, 6.45) is 1.10. The zero-order chi connectivity index (χ0) is 14.3. The fourth-order valence-electron chi connectivity index (χ4n) is 2.73. The van der Waals surface area contributed by atoms with Gasteiger partial charge in [0.25, 0.3) is 0 Å². The summed E-state index contributed by atoms with van der Waals surface area (Å²) in [6.45, 7) is 6.10. The summed E-state index contributed by atoms with van der Waals surface area (Å²) in [5, 5.41) is 10.8. The molecule has 0 aliphatic carbocycles. The van der Waals surface area contributed by atoms with Crippen molar-refractivity contribution in [3.63, 3.8) is 0 Å². The molecule has 0 amide bonds. The molecule has 4 N–H and O–H groups in total. The molecule has 108 valence electrons. The maximum atomic E-state index is 5.88. The molecule has 2 aromatic rings. The molecule has 1 fully saturated rings. The lowest BCUT2D eigenvalue weighted by molar-refractivity contribution is 0.616. The van der Waals surface area contributed by atoms with E-state index in [9.17, 15) is 0 Å². The first-order valence-electron chi connectivity index (χ1n) is 7.03. The van der Waals surface area contributed by atoms with E-state index >= 15 is 0 Å². The Balaban J connectivity index is 2.07. The maximum Gasteiger partial charge on any atom is 0.222 e. The first kappa shape index (κ1) is 13.1. The monoisotopic (exact) mass is 275 g/mol. The third kappa shape index (κ3) is 2.07. The Kier molecular flexibility index (Phi) is 3.21. The zero-order valence-corrected chi connectivity index (χ0v) is 12.1. The number of nitrogens with zero attached hydrogens (tertiary/aromatic N) is 4. The number of H-pyrrole nitrogens is 1. The van der Waals surface area contributed by atoms with Gasteiger partial charge < -0.3 is 16.0 Å². The van der Waals surface area contributed by atoms with Crippen molar-refractivity contribution in [1.82, 2.24) is 25.5 Å². The summed E-state index contributed by atoms with van der Waals surface area (Å²) in [4.78, 5) is 11.0. The van der Waals surface area contributed by atoms with E-state index in [1.807, 2.05) is 7.05 Å². The molecule has 20 heavy (non-hydrogen) atoms. The zero-order valence-electron chi connectivity index (χ0n) is 12.1. The van der Waals surface area contributed by atoms with Crippen LogP contribution in [0.2, 0.25) is 0 Å². The number of aromatic amines is 1. The number of anilines is 2. The Morgan fingerprint density at radius 2 is 2.15 bits per heavy atom. The van der Waals surface area contributed by atoms with Gasteiger partial charge >= 0.3 is 0 Å². The SMILES string of the molecule is CN[C@@H]1CCN(c2nc(N)nc3c(C(C)C)[nH]nc23)C1. The first-order valence-corrected chi connectivity index (χ1v) is 7.03. The molecule has 1 aliphatic rings. The Morgan fingerprint density at radius 1 is 1.35 bits per heavy atom. The summed E-state index contributed by atoms with van der Waals surface area (Å²) in [5.41, 5.74) is 8.56. The lowest BCUT2D eigenvalue weighted by Gasteiger charge is -2.17. The van der Waals surface area contributed by atoms with Gasteiger partial charge in [-0.1, -0.05) is 13.8 Å². The minimum atomic E-state index is 0.309. The number of nitrogen functional groups attached to an aromatic ring is 1. The van der Waals surface area contributed by atoms with Crippen LogP contribution in [0.15, 0.2) is 0 Å². The smallest absolute Gasteiger partial charge is 0.222 e. The number of likely N-dealkylation sites (N-methyl/N-ethyl adjacent to an activating group) is 1. The second-order valence-electron chi connectivity index (χ2n) is 5.61. The van der Waals surface area contributed by atoms with Crippen LogP contribution in [0.3, 0.4) is 0 Å². The average Bonchev–Trinajstić information content (AvgIpc) is 3.03. The van der Waals surface area contributed by atoms with E-state index in [-0.39, 0.29) is 0 Å². The number of aromatic nitrogens is 4. The van der Waals surface area contributed by atoms with Gasteiger partial charge in [-0.05, 0) is 19.4 Å². The summed E-state index contributed by atoms with van der Waals surface area (Å²) in [7, 11) is 1.99. The highest BCUT2D eigenvalue weighted by atomic mass is 15.3. The molecule has 0 aromatic carbocycles. The predicted octanol–water partition coefficient (Wildman–Crippen LogP) is 0.857. The maximum absolute atomic E-state index is 5.88. The summed E-state index contributed by atoms with van der Waals surface area (Å²) < 4.78 is 0. The van der Waals surface area contributed by atoms with Crippen LogP contribution in [-0.2, 0) is 0 Å². The first-order chi connectivity index (χ1) is 9.60. The number of nitrogens with two attached hydrogens (primary N) is 1. The van der Waals surface area contributed by atoms with Crippen LogP contribution in [0.1, 0.15) is 31.9 Å². The van der Waals surface area contributed by atoms with E-state index in [0.29, 0.717) is 17.9 Å². The van der Waals surface area contributed by atoms with Gasteiger partial charge in [0.05, 0.1) is 5.69 Å². The van der Waals surface area contributed by atoms with Crippen LogP contribution in [0.25, 0.3) is 11.0 Å².